The van der Waals surface area contributed by atoms with E-state index >= 15 is 0 Å². The van der Waals surface area contributed by atoms with Crippen LogP contribution in [0.5, 0.6) is 5.75 Å². The van der Waals surface area contributed by atoms with E-state index in [4.69, 9.17) is 4.74 Å². The molecule has 8 nitrogen and oxygen atoms in total. The summed E-state index contributed by atoms with van der Waals surface area (Å²) < 4.78 is 12.7. The minimum Gasteiger partial charge on any atom is -0.483 e. The fourth-order valence-electron chi connectivity index (χ4n) is 3.20. The van der Waals surface area contributed by atoms with Gasteiger partial charge in [-0.1, -0.05) is 30.8 Å². The lowest BCUT2D eigenvalue weighted by atomic mass is 10.2. The van der Waals surface area contributed by atoms with Gasteiger partial charge >= 0.3 is 5.97 Å². The van der Waals surface area contributed by atoms with Crippen molar-refractivity contribution < 1.29 is 19.1 Å². The van der Waals surface area contributed by atoms with Crippen LogP contribution in [0.2, 0.25) is 0 Å². The van der Waals surface area contributed by atoms with Crippen molar-refractivity contribution in [3.8, 4) is 5.75 Å². The van der Waals surface area contributed by atoms with Crippen LogP contribution in [0.25, 0.3) is 0 Å². The second kappa shape index (κ2) is 11.5. The number of carbonyl (C=O) groups excluding carboxylic acids is 2. The third kappa shape index (κ3) is 6.35. The lowest BCUT2D eigenvalue weighted by Gasteiger charge is -2.16. The van der Waals surface area contributed by atoms with E-state index in [1.165, 1.54) is 24.4 Å². The third-order valence-electron chi connectivity index (χ3n) is 4.99. The molecule has 1 aromatic heterocycles. The van der Waals surface area contributed by atoms with Crippen LogP contribution in [0.1, 0.15) is 48.6 Å². The summed E-state index contributed by atoms with van der Waals surface area (Å²) in [7, 11) is 1.33. The Hall–Kier alpha value is -3.33. The topological polar surface area (TPSA) is 95.3 Å². The number of carbonyl (C=O) groups is 2. The maximum atomic E-state index is 12.4. The predicted octanol–water partition coefficient (Wildman–Crippen LogP) is 4.52. The van der Waals surface area contributed by atoms with Crippen molar-refractivity contribution >= 4 is 29.3 Å². The molecule has 0 saturated heterocycles. The fourth-order valence-corrected chi connectivity index (χ4v) is 4.01. The van der Waals surface area contributed by atoms with Crippen LogP contribution in [0.3, 0.4) is 0 Å². The number of nitrogens with one attached hydrogen (secondary N) is 1. The van der Waals surface area contributed by atoms with Gasteiger partial charge in [0.15, 0.2) is 17.1 Å². The molecule has 0 spiro atoms. The molecule has 1 amide bonds. The molecule has 0 aliphatic rings. The Kier molecular flexibility index (Phi) is 8.48. The first-order valence-corrected chi connectivity index (χ1v) is 11.7. The van der Waals surface area contributed by atoms with E-state index in [2.05, 4.69) is 39.3 Å². The van der Waals surface area contributed by atoms with Crippen molar-refractivity contribution in [1.82, 2.24) is 14.8 Å². The Morgan fingerprint density at radius 1 is 1.06 bits per heavy atom. The van der Waals surface area contributed by atoms with E-state index in [1.807, 2.05) is 30.5 Å². The van der Waals surface area contributed by atoms with Crippen molar-refractivity contribution in [3.63, 3.8) is 0 Å². The number of ether oxygens (including phenoxy) is 2. The summed E-state index contributed by atoms with van der Waals surface area (Å²) in [5.74, 6) is 1.05. The molecule has 0 unspecified atom stereocenters. The van der Waals surface area contributed by atoms with Crippen LogP contribution in [0.4, 0.5) is 5.69 Å². The second-order valence-electron chi connectivity index (χ2n) is 7.25. The highest BCUT2D eigenvalue weighted by atomic mass is 32.2. The summed E-state index contributed by atoms with van der Waals surface area (Å²) in [6.07, 6.45) is 0.689. The molecule has 0 aliphatic carbocycles. The van der Waals surface area contributed by atoms with Crippen LogP contribution in [-0.2, 0) is 22.5 Å². The van der Waals surface area contributed by atoms with Gasteiger partial charge in [-0.3, -0.25) is 4.79 Å². The standard InChI is InChI=1S/C24H28N4O4S/c1-5-17-7-13-20(14-8-17)32-16(3)22-26-27-24(28(22)6-2)33-15-21(29)25-19-11-9-18(10-12-19)23(30)31-4/h7-14,16H,5-6,15H2,1-4H3,(H,25,29)/t16-/m1/s1. The minimum atomic E-state index is -0.422. The van der Waals surface area contributed by atoms with Crippen molar-refractivity contribution in [2.24, 2.45) is 0 Å². The van der Waals surface area contributed by atoms with Gasteiger partial charge in [0.05, 0.1) is 18.4 Å². The zero-order chi connectivity index (χ0) is 23.8. The normalized spacial score (nSPS) is 11.6. The molecule has 1 atom stereocenters. The number of anilines is 1. The van der Waals surface area contributed by atoms with Crippen molar-refractivity contribution in [2.75, 3.05) is 18.2 Å². The quantitative estimate of drug-likeness (QED) is 0.345. The maximum absolute atomic E-state index is 12.4. The number of thioether (sulfide) groups is 1. The lowest BCUT2D eigenvalue weighted by Crippen LogP contribution is -2.15. The summed E-state index contributed by atoms with van der Waals surface area (Å²) >= 11 is 1.31. The van der Waals surface area contributed by atoms with E-state index in [1.54, 1.807) is 24.3 Å². The second-order valence-corrected chi connectivity index (χ2v) is 8.19. The highest BCUT2D eigenvalue weighted by Crippen LogP contribution is 2.25. The molecule has 0 fully saturated rings. The van der Waals surface area contributed by atoms with Gasteiger partial charge in [0, 0.05) is 12.2 Å². The Morgan fingerprint density at radius 2 is 1.76 bits per heavy atom. The SMILES string of the molecule is CCc1ccc(O[C@H](C)c2nnc(SCC(=O)Nc3ccc(C(=O)OC)cc3)n2CC)cc1. The largest absolute Gasteiger partial charge is 0.483 e. The highest BCUT2D eigenvalue weighted by Gasteiger charge is 2.19. The zero-order valence-corrected chi connectivity index (χ0v) is 20.0. The number of hydrogen-bond acceptors (Lipinski definition) is 7. The molecule has 33 heavy (non-hydrogen) atoms. The molecule has 0 radical (unpaired) electrons. The van der Waals surface area contributed by atoms with Crippen molar-refractivity contribution in [1.29, 1.82) is 0 Å². The van der Waals surface area contributed by atoms with Gasteiger partial charge < -0.3 is 19.4 Å². The predicted molar refractivity (Wildman–Crippen MR) is 128 cm³/mol. The highest BCUT2D eigenvalue weighted by molar-refractivity contribution is 7.99. The van der Waals surface area contributed by atoms with Gasteiger partial charge in [-0.15, -0.1) is 10.2 Å². The number of aromatic nitrogens is 3. The van der Waals surface area contributed by atoms with Gasteiger partial charge in [0.25, 0.3) is 0 Å². The van der Waals surface area contributed by atoms with Gasteiger partial charge in [0.1, 0.15) is 5.75 Å². The molecular weight excluding hydrogens is 440 g/mol. The first kappa shape index (κ1) is 24.3. The summed E-state index contributed by atoms with van der Waals surface area (Å²) in [6, 6.07) is 14.5. The molecule has 0 aliphatic heterocycles. The Balaban J connectivity index is 1.58. The zero-order valence-electron chi connectivity index (χ0n) is 19.2. The van der Waals surface area contributed by atoms with Gasteiger partial charge in [-0.25, -0.2) is 4.79 Å². The Bertz CT molecular complexity index is 1080. The van der Waals surface area contributed by atoms with Crippen LogP contribution in [0, 0.1) is 0 Å². The van der Waals surface area contributed by atoms with Gasteiger partial charge in [-0.05, 0) is 62.2 Å². The van der Waals surface area contributed by atoms with Crippen molar-refractivity contribution in [2.45, 2.75) is 45.0 Å². The maximum Gasteiger partial charge on any atom is 0.337 e. The number of benzene rings is 2. The number of methoxy groups -OCH3 is 1. The molecule has 0 saturated carbocycles. The van der Waals surface area contributed by atoms with Crippen LogP contribution < -0.4 is 10.1 Å². The number of esters is 1. The molecule has 174 valence electrons. The van der Waals surface area contributed by atoms with E-state index in [0.717, 1.165) is 12.2 Å². The van der Waals surface area contributed by atoms with Crippen LogP contribution in [-0.4, -0.2) is 39.5 Å². The summed E-state index contributed by atoms with van der Waals surface area (Å²) in [6.45, 7) is 6.71. The number of rotatable bonds is 10. The smallest absolute Gasteiger partial charge is 0.337 e. The molecule has 1 heterocycles. The number of nitrogens with zero attached hydrogens (tertiary/aromatic N) is 3. The molecule has 3 aromatic rings. The fraction of sp³-hybridized carbons (Fsp3) is 0.333. The number of aryl methyl sites for hydroxylation is 1. The van der Waals surface area contributed by atoms with Crippen molar-refractivity contribution in [3.05, 3.63) is 65.5 Å². The summed E-state index contributed by atoms with van der Waals surface area (Å²) in [5.41, 5.74) is 2.27. The van der Waals surface area contributed by atoms with Gasteiger partial charge in [-0.2, -0.15) is 0 Å². The number of amides is 1. The number of hydrogen-bond donors (Lipinski definition) is 1. The third-order valence-corrected chi connectivity index (χ3v) is 5.96. The molecular formula is C24H28N4O4S. The first-order chi connectivity index (χ1) is 15.9. The van der Waals surface area contributed by atoms with E-state index in [0.29, 0.717) is 28.8 Å². The Labute approximate surface area is 197 Å². The van der Waals surface area contributed by atoms with E-state index in [9.17, 15) is 9.59 Å². The molecule has 2 aromatic carbocycles. The van der Waals surface area contributed by atoms with Crippen LogP contribution in [0.15, 0.2) is 53.7 Å². The van der Waals surface area contributed by atoms with E-state index < -0.39 is 5.97 Å². The summed E-state index contributed by atoms with van der Waals surface area (Å²) in [4.78, 5) is 23.9. The van der Waals surface area contributed by atoms with Crippen LogP contribution >= 0.6 is 11.8 Å². The molecule has 0 bridgehead atoms. The Morgan fingerprint density at radius 3 is 2.36 bits per heavy atom. The minimum absolute atomic E-state index is 0.171. The van der Waals surface area contributed by atoms with Gasteiger partial charge in [0.2, 0.25) is 5.91 Å². The summed E-state index contributed by atoms with van der Waals surface area (Å²) in [5, 5.41) is 12.0. The molecule has 9 heteroatoms. The first-order valence-electron chi connectivity index (χ1n) is 10.7. The van der Waals surface area contributed by atoms with E-state index in [-0.39, 0.29) is 17.8 Å². The monoisotopic (exact) mass is 468 g/mol. The average molecular weight is 469 g/mol. The molecule has 3 rings (SSSR count). The molecule has 1 N–H and O–H groups in total. The lowest BCUT2D eigenvalue weighted by molar-refractivity contribution is -0.113. The average Bonchev–Trinajstić information content (AvgIpc) is 3.26.